The second-order valence-electron chi connectivity index (χ2n) is 7.36. The van der Waals surface area contributed by atoms with E-state index in [1.165, 1.54) is 12.8 Å². The van der Waals surface area contributed by atoms with Crippen LogP contribution in [-0.2, 0) is 6.54 Å². The van der Waals surface area contributed by atoms with Gasteiger partial charge in [0.2, 0.25) is 11.7 Å². The molecule has 1 aromatic heterocycles. The first-order valence-corrected chi connectivity index (χ1v) is 9.80. The Balaban J connectivity index is 0.00000225. The molecule has 2 aromatic rings. The van der Waals surface area contributed by atoms with Crippen LogP contribution in [0.15, 0.2) is 33.8 Å². The Bertz CT molecular complexity index is 807. The largest absolute Gasteiger partial charge is 0.352 e. The predicted molar refractivity (Wildman–Crippen MR) is 121 cm³/mol. The van der Waals surface area contributed by atoms with Crippen LogP contribution in [0.25, 0.3) is 11.4 Å². The van der Waals surface area contributed by atoms with Crippen LogP contribution in [0.2, 0.25) is 5.02 Å². The van der Waals surface area contributed by atoms with Crippen molar-refractivity contribution in [3.05, 3.63) is 35.2 Å². The molecule has 0 radical (unpaired) electrons. The average molecular weight is 517 g/mol. The lowest BCUT2D eigenvalue weighted by Crippen LogP contribution is -2.46. The maximum Gasteiger partial charge on any atom is 0.246 e. The number of halogens is 2. The molecule has 0 bridgehead atoms. The van der Waals surface area contributed by atoms with Crippen LogP contribution >= 0.6 is 35.6 Å². The summed E-state index contributed by atoms with van der Waals surface area (Å²) in [6.07, 6.45) is 2.69. The number of benzene rings is 1. The topological polar surface area (TPSA) is 78.6 Å². The minimum absolute atomic E-state index is 0. The number of nitrogens with zero attached hydrogens (tertiary/aromatic N) is 4. The van der Waals surface area contributed by atoms with Crippen LogP contribution in [-0.4, -0.2) is 53.2 Å². The van der Waals surface area contributed by atoms with Gasteiger partial charge >= 0.3 is 0 Å². The third kappa shape index (κ3) is 5.15. The van der Waals surface area contributed by atoms with Gasteiger partial charge in [0.05, 0.1) is 6.54 Å². The van der Waals surface area contributed by atoms with E-state index in [1.807, 2.05) is 24.3 Å². The van der Waals surface area contributed by atoms with Crippen molar-refractivity contribution in [2.45, 2.75) is 38.4 Å². The van der Waals surface area contributed by atoms with Gasteiger partial charge in [-0.25, -0.2) is 0 Å². The number of aromatic nitrogens is 2. The molecule has 1 aliphatic heterocycles. The normalized spacial score (nSPS) is 22.8. The number of aliphatic imine (C=N–C) groups is 1. The Hall–Kier alpha value is -1.39. The summed E-state index contributed by atoms with van der Waals surface area (Å²) in [5.41, 5.74) is 0.872. The Morgan fingerprint density at radius 1 is 1.29 bits per heavy atom. The van der Waals surface area contributed by atoms with Crippen LogP contribution in [0.5, 0.6) is 0 Å². The minimum atomic E-state index is 0. The molecule has 0 amide bonds. The Morgan fingerprint density at radius 2 is 2.04 bits per heavy atom. The zero-order chi connectivity index (χ0) is 18.8. The number of likely N-dealkylation sites (tertiary alicyclic amines) is 1. The molecule has 2 aliphatic rings. The quantitative estimate of drug-likeness (QED) is 0.361. The van der Waals surface area contributed by atoms with E-state index in [1.54, 1.807) is 7.05 Å². The fourth-order valence-electron chi connectivity index (χ4n) is 3.50. The fourth-order valence-corrected chi connectivity index (χ4v) is 3.63. The summed E-state index contributed by atoms with van der Waals surface area (Å²) < 4.78 is 5.34. The molecule has 4 rings (SSSR count). The van der Waals surface area contributed by atoms with Crippen molar-refractivity contribution in [2.75, 3.05) is 20.1 Å². The van der Waals surface area contributed by atoms with E-state index in [0.29, 0.717) is 35.2 Å². The molecule has 1 aromatic carbocycles. The lowest BCUT2D eigenvalue weighted by Gasteiger charge is -2.19. The highest BCUT2D eigenvalue weighted by molar-refractivity contribution is 14.0. The maximum absolute atomic E-state index is 5.92. The molecule has 1 saturated carbocycles. The van der Waals surface area contributed by atoms with Crippen molar-refractivity contribution >= 4 is 41.5 Å². The molecular formula is C19H26ClIN6O. The van der Waals surface area contributed by atoms with Gasteiger partial charge in [0.1, 0.15) is 0 Å². The van der Waals surface area contributed by atoms with E-state index in [-0.39, 0.29) is 24.0 Å². The highest BCUT2D eigenvalue weighted by Gasteiger charge is 2.38. The van der Waals surface area contributed by atoms with Crippen LogP contribution in [0.1, 0.15) is 25.7 Å². The summed E-state index contributed by atoms with van der Waals surface area (Å²) in [7, 11) is 1.78. The summed E-state index contributed by atoms with van der Waals surface area (Å²) in [5, 5.41) is 11.5. The molecule has 2 N–H and O–H groups in total. The molecular weight excluding hydrogens is 491 g/mol. The molecule has 2 unspecified atom stereocenters. The van der Waals surface area contributed by atoms with Crippen molar-refractivity contribution in [1.29, 1.82) is 0 Å². The van der Waals surface area contributed by atoms with E-state index in [9.17, 15) is 0 Å². The number of hydrogen-bond acceptors (Lipinski definition) is 5. The molecule has 7 nitrogen and oxygen atoms in total. The zero-order valence-corrected chi connectivity index (χ0v) is 19.1. The molecule has 2 atom stereocenters. The van der Waals surface area contributed by atoms with E-state index in [4.69, 9.17) is 16.1 Å². The van der Waals surface area contributed by atoms with Crippen molar-refractivity contribution < 1.29 is 4.52 Å². The standard InChI is InChI=1S/C19H25ClN6O.HI/c1-12-10-26(15-7-8-15)11-16(12)23-19(21-2)22-9-17-24-18(25-27-17)13-3-5-14(20)6-4-13;/h3-6,12,15-16H,7-11H2,1-2H3,(H2,21,22,23);1H. The van der Waals surface area contributed by atoms with E-state index in [0.717, 1.165) is 30.7 Å². The molecule has 1 aliphatic carbocycles. The van der Waals surface area contributed by atoms with Crippen LogP contribution in [0, 0.1) is 5.92 Å². The fraction of sp³-hybridized carbons (Fsp3) is 0.526. The predicted octanol–water partition coefficient (Wildman–Crippen LogP) is 3.16. The average Bonchev–Trinajstić information content (AvgIpc) is 3.31. The molecule has 9 heteroatoms. The monoisotopic (exact) mass is 516 g/mol. The van der Waals surface area contributed by atoms with Gasteiger partial charge in [-0.2, -0.15) is 4.98 Å². The van der Waals surface area contributed by atoms with E-state index >= 15 is 0 Å². The van der Waals surface area contributed by atoms with Gasteiger partial charge in [-0.15, -0.1) is 24.0 Å². The molecule has 152 valence electrons. The lowest BCUT2D eigenvalue weighted by atomic mass is 10.1. The minimum Gasteiger partial charge on any atom is -0.352 e. The number of hydrogen-bond donors (Lipinski definition) is 2. The first kappa shape index (κ1) is 21.3. The van der Waals surface area contributed by atoms with Crippen molar-refractivity contribution in [3.63, 3.8) is 0 Å². The van der Waals surface area contributed by atoms with Crippen molar-refractivity contribution in [2.24, 2.45) is 10.9 Å². The molecule has 2 heterocycles. The van der Waals surface area contributed by atoms with Gasteiger partial charge in [0, 0.05) is 42.8 Å². The molecule has 1 saturated heterocycles. The van der Waals surface area contributed by atoms with E-state index in [2.05, 4.69) is 37.6 Å². The van der Waals surface area contributed by atoms with Gasteiger partial charge in [-0.3, -0.25) is 9.89 Å². The number of rotatable bonds is 5. The Morgan fingerprint density at radius 3 is 2.71 bits per heavy atom. The van der Waals surface area contributed by atoms with Crippen LogP contribution in [0.3, 0.4) is 0 Å². The summed E-state index contributed by atoms with van der Waals surface area (Å²) >= 11 is 5.92. The second kappa shape index (κ2) is 9.41. The summed E-state index contributed by atoms with van der Waals surface area (Å²) in [6, 6.07) is 8.58. The Kier molecular flexibility index (Phi) is 7.16. The summed E-state index contributed by atoms with van der Waals surface area (Å²) in [4.78, 5) is 11.4. The highest BCUT2D eigenvalue weighted by Crippen LogP contribution is 2.31. The smallest absolute Gasteiger partial charge is 0.246 e. The SMILES string of the molecule is CN=C(NCc1nc(-c2ccc(Cl)cc2)no1)NC1CN(C2CC2)CC1C.I. The first-order chi connectivity index (χ1) is 13.1. The number of nitrogens with one attached hydrogen (secondary N) is 2. The van der Waals surface area contributed by atoms with Crippen LogP contribution in [0.4, 0.5) is 0 Å². The van der Waals surface area contributed by atoms with Crippen molar-refractivity contribution in [1.82, 2.24) is 25.7 Å². The number of guanidine groups is 1. The molecule has 28 heavy (non-hydrogen) atoms. The van der Waals surface area contributed by atoms with Gasteiger partial charge in [-0.1, -0.05) is 23.7 Å². The molecule has 2 fully saturated rings. The first-order valence-electron chi connectivity index (χ1n) is 9.42. The van der Waals surface area contributed by atoms with Gasteiger partial charge in [0.25, 0.3) is 0 Å². The third-order valence-corrected chi connectivity index (χ3v) is 5.48. The van der Waals surface area contributed by atoms with Gasteiger partial charge in [0.15, 0.2) is 5.96 Å². The summed E-state index contributed by atoms with van der Waals surface area (Å²) in [6.45, 7) is 4.96. The molecule has 0 spiro atoms. The van der Waals surface area contributed by atoms with E-state index < -0.39 is 0 Å². The third-order valence-electron chi connectivity index (χ3n) is 5.23. The maximum atomic E-state index is 5.92. The van der Waals surface area contributed by atoms with Gasteiger partial charge < -0.3 is 15.2 Å². The zero-order valence-electron chi connectivity index (χ0n) is 16.1. The lowest BCUT2D eigenvalue weighted by molar-refractivity contribution is 0.315. The van der Waals surface area contributed by atoms with Crippen molar-refractivity contribution in [3.8, 4) is 11.4 Å². The summed E-state index contributed by atoms with van der Waals surface area (Å²) in [5.74, 6) is 2.43. The van der Waals surface area contributed by atoms with Gasteiger partial charge in [-0.05, 0) is 43.0 Å². The highest BCUT2D eigenvalue weighted by atomic mass is 127. The second-order valence-corrected chi connectivity index (χ2v) is 7.79. The Labute approximate surface area is 187 Å². The van der Waals surface area contributed by atoms with Crippen LogP contribution < -0.4 is 10.6 Å².